The Labute approximate surface area is 175 Å². The van der Waals surface area contributed by atoms with Crippen molar-refractivity contribution in [3.63, 3.8) is 0 Å². The number of nitrogens with zero attached hydrogens (tertiary/aromatic N) is 4. The van der Waals surface area contributed by atoms with Crippen molar-refractivity contribution >= 4 is 17.0 Å². The van der Waals surface area contributed by atoms with Gasteiger partial charge in [-0.3, -0.25) is 9.36 Å². The average Bonchev–Trinajstić information content (AvgIpc) is 2.75. The van der Waals surface area contributed by atoms with Gasteiger partial charge < -0.3 is 14.8 Å². The Bertz CT molecular complexity index is 1060. The van der Waals surface area contributed by atoms with Crippen LogP contribution in [-0.2, 0) is 11.3 Å². The summed E-state index contributed by atoms with van der Waals surface area (Å²) in [7, 11) is 1.58. The number of anilines is 1. The molecule has 0 bridgehead atoms. The maximum absolute atomic E-state index is 13.2. The van der Waals surface area contributed by atoms with Crippen LogP contribution < -0.4 is 15.6 Å². The van der Waals surface area contributed by atoms with Gasteiger partial charge in [0, 0.05) is 48.8 Å². The van der Waals surface area contributed by atoms with Gasteiger partial charge in [-0.15, -0.1) is 0 Å². The molecule has 1 N–H and O–H groups in total. The van der Waals surface area contributed by atoms with E-state index in [2.05, 4.69) is 27.2 Å². The second-order valence-electron chi connectivity index (χ2n) is 7.46. The molecule has 1 fully saturated rings. The largest absolute Gasteiger partial charge is 0.481 e. The molecule has 1 aliphatic carbocycles. The van der Waals surface area contributed by atoms with Crippen LogP contribution in [0.25, 0.3) is 22.3 Å². The third-order valence-electron chi connectivity index (χ3n) is 5.34. The molecule has 158 valence electrons. The molecule has 8 heteroatoms. The zero-order valence-corrected chi connectivity index (χ0v) is 17.4. The first-order valence-corrected chi connectivity index (χ1v) is 10.4. The number of ether oxygens (including phenoxy) is 2. The summed E-state index contributed by atoms with van der Waals surface area (Å²) in [5, 5.41) is 3.29. The van der Waals surface area contributed by atoms with Gasteiger partial charge in [0.2, 0.25) is 5.88 Å². The van der Waals surface area contributed by atoms with Crippen molar-refractivity contribution in [2.75, 3.05) is 25.6 Å². The molecule has 0 unspecified atom stereocenters. The summed E-state index contributed by atoms with van der Waals surface area (Å²) in [6, 6.07) is 5.97. The van der Waals surface area contributed by atoms with Crippen LogP contribution in [0.2, 0.25) is 0 Å². The van der Waals surface area contributed by atoms with E-state index >= 15 is 0 Å². The predicted octanol–water partition coefficient (Wildman–Crippen LogP) is 3.25. The van der Waals surface area contributed by atoms with E-state index in [1.165, 1.54) is 6.42 Å². The fraction of sp³-hybridized carbons (Fsp3) is 0.455. The molecular formula is C22H27N5O3. The first-order chi connectivity index (χ1) is 14.7. The summed E-state index contributed by atoms with van der Waals surface area (Å²) < 4.78 is 12.5. The van der Waals surface area contributed by atoms with Crippen molar-refractivity contribution < 1.29 is 9.47 Å². The molecule has 3 aromatic heterocycles. The molecule has 30 heavy (non-hydrogen) atoms. The van der Waals surface area contributed by atoms with Gasteiger partial charge in [0.1, 0.15) is 0 Å². The van der Waals surface area contributed by atoms with Crippen molar-refractivity contribution in [2.24, 2.45) is 0 Å². The van der Waals surface area contributed by atoms with E-state index in [9.17, 15) is 4.79 Å². The van der Waals surface area contributed by atoms with Crippen molar-refractivity contribution in [1.82, 2.24) is 19.5 Å². The van der Waals surface area contributed by atoms with Crippen LogP contribution in [-0.4, -0.2) is 45.9 Å². The predicted molar refractivity (Wildman–Crippen MR) is 116 cm³/mol. The molecule has 3 heterocycles. The highest BCUT2D eigenvalue weighted by Crippen LogP contribution is 2.24. The molecule has 0 amide bonds. The lowest BCUT2D eigenvalue weighted by atomic mass is 9.93. The fourth-order valence-corrected chi connectivity index (χ4v) is 3.42. The van der Waals surface area contributed by atoms with Crippen molar-refractivity contribution in [3.05, 3.63) is 40.9 Å². The molecule has 0 aromatic carbocycles. The Morgan fingerprint density at radius 3 is 2.67 bits per heavy atom. The lowest BCUT2D eigenvalue weighted by Crippen LogP contribution is -2.34. The highest BCUT2D eigenvalue weighted by molar-refractivity contribution is 5.78. The molecule has 0 aliphatic heterocycles. The van der Waals surface area contributed by atoms with Gasteiger partial charge in [-0.05, 0) is 37.8 Å². The monoisotopic (exact) mass is 409 g/mol. The lowest BCUT2D eigenvalue weighted by Gasteiger charge is -2.27. The maximum atomic E-state index is 13.2. The molecule has 1 aliphatic rings. The second kappa shape index (κ2) is 9.21. The SMILES string of the molecule is CCCOCCn1c(=O)c(NC2CCC2)nc2ncc(-c3ccc(OC)nc3)cc21. The molecule has 0 atom stereocenters. The molecular weight excluding hydrogens is 382 g/mol. The third-order valence-corrected chi connectivity index (χ3v) is 5.34. The Balaban J connectivity index is 1.73. The van der Waals surface area contributed by atoms with Crippen LogP contribution >= 0.6 is 0 Å². The zero-order valence-electron chi connectivity index (χ0n) is 17.4. The number of rotatable bonds is 9. The summed E-state index contributed by atoms with van der Waals surface area (Å²) in [6.45, 7) is 3.65. The van der Waals surface area contributed by atoms with E-state index < -0.39 is 0 Å². The minimum Gasteiger partial charge on any atom is -0.481 e. The first-order valence-electron chi connectivity index (χ1n) is 10.4. The molecule has 1 saturated carbocycles. The van der Waals surface area contributed by atoms with E-state index in [0.29, 0.717) is 48.7 Å². The Hall–Kier alpha value is -3.00. The summed E-state index contributed by atoms with van der Waals surface area (Å²) in [4.78, 5) is 26.5. The van der Waals surface area contributed by atoms with Gasteiger partial charge in [-0.25, -0.2) is 15.0 Å². The number of aromatic nitrogens is 4. The molecule has 4 rings (SSSR count). The normalized spacial score (nSPS) is 13.9. The minimum atomic E-state index is -0.138. The number of methoxy groups -OCH3 is 1. The highest BCUT2D eigenvalue weighted by atomic mass is 16.5. The topological polar surface area (TPSA) is 91.2 Å². The maximum Gasteiger partial charge on any atom is 0.293 e. The van der Waals surface area contributed by atoms with Crippen molar-refractivity contribution in [1.29, 1.82) is 0 Å². The Kier molecular flexibility index (Phi) is 6.23. The number of pyridine rings is 2. The van der Waals surface area contributed by atoms with Crippen LogP contribution in [0.4, 0.5) is 5.82 Å². The van der Waals surface area contributed by atoms with Gasteiger partial charge in [0.25, 0.3) is 5.56 Å². The number of fused-ring (bicyclic) bond motifs is 1. The highest BCUT2D eigenvalue weighted by Gasteiger charge is 2.21. The summed E-state index contributed by atoms with van der Waals surface area (Å²) in [5.41, 5.74) is 2.84. The van der Waals surface area contributed by atoms with Gasteiger partial charge in [-0.1, -0.05) is 6.92 Å². The van der Waals surface area contributed by atoms with Gasteiger partial charge in [0.05, 0.1) is 19.2 Å². The van der Waals surface area contributed by atoms with Crippen LogP contribution in [0, 0.1) is 0 Å². The number of hydrogen-bond donors (Lipinski definition) is 1. The lowest BCUT2D eigenvalue weighted by molar-refractivity contribution is 0.127. The van der Waals surface area contributed by atoms with Gasteiger partial charge in [-0.2, -0.15) is 0 Å². The van der Waals surface area contributed by atoms with Crippen LogP contribution in [0.15, 0.2) is 35.4 Å². The van der Waals surface area contributed by atoms with Crippen LogP contribution in [0.1, 0.15) is 32.6 Å². The molecule has 0 radical (unpaired) electrons. The zero-order chi connectivity index (χ0) is 20.9. The average molecular weight is 409 g/mol. The van der Waals surface area contributed by atoms with Gasteiger partial charge >= 0.3 is 0 Å². The van der Waals surface area contributed by atoms with Crippen LogP contribution in [0.3, 0.4) is 0 Å². The summed E-state index contributed by atoms with van der Waals surface area (Å²) in [5.74, 6) is 0.917. The molecule has 0 spiro atoms. The Morgan fingerprint density at radius 1 is 1.17 bits per heavy atom. The minimum absolute atomic E-state index is 0.138. The molecule has 8 nitrogen and oxygen atoms in total. The van der Waals surface area contributed by atoms with Crippen molar-refractivity contribution in [2.45, 2.75) is 45.2 Å². The van der Waals surface area contributed by atoms with Crippen molar-refractivity contribution in [3.8, 4) is 17.0 Å². The van der Waals surface area contributed by atoms with E-state index in [-0.39, 0.29) is 5.56 Å². The molecule has 3 aromatic rings. The Morgan fingerprint density at radius 2 is 2.00 bits per heavy atom. The standard InChI is InChI=1S/C22H27N5O3/c1-3-10-30-11-9-27-18-12-16(15-7-8-19(29-2)23-13-15)14-24-20(18)26-21(22(27)28)25-17-5-4-6-17/h7-8,12-14,17H,3-6,9-11H2,1-2H3,(H,24,25,26). The molecule has 0 saturated heterocycles. The smallest absolute Gasteiger partial charge is 0.293 e. The number of nitrogens with one attached hydrogen (secondary N) is 1. The second-order valence-corrected chi connectivity index (χ2v) is 7.46. The summed E-state index contributed by atoms with van der Waals surface area (Å²) >= 11 is 0. The quantitative estimate of drug-likeness (QED) is 0.543. The number of hydrogen-bond acceptors (Lipinski definition) is 7. The third kappa shape index (κ3) is 4.28. The summed E-state index contributed by atoms with van der Waals surface area (Å²) in [6.07, 6.45) is 7.74. The van der Waals surface area contributed by atoms with E-state index in [1.807, 2.05) is 12.1 Å². The van der Waals surface area contributed by atoms with Gasteiger partial charge in [0.15, 0.2) is 11.5 Å². The van der Waals surface area contributed by atoms with E-state index in [0.717, 1.165) is 30.4 Å². The first kappa shape index (κ1) is 20.3. The fourth-order valence-electron chi connectivity index (χ4n) is 3.42. The van der Waals surface area contributed by atoms with Crippen LogP contribution in [0.5, 0.6) is 5.88 Å². The van der Waals surface area contributed by atoms with E-state index in [4.69, 9.17) is 9.47 Å². The van der Waals surface area contributed by atoms with E-state index in [1.54, 1.807) is 30.1 Å².